The Labute approximate surface area is 178 Å². The summed E-state index contributed by atoms with van der Waals surface area (Å²) in [4.78, 5) is 25.8. The number of nitrogens with one attached hydrogen (secondary N) is 2. The van der Waals surface area contributed by atoms with Gasteiger partial charge in [-0.2, -0.15) is 0 Å². The number of benzene rings is 1. The van der Waals surface area contributed by atoms with Gasteiger partial charge in [-0.1, -0.05) is 12.1 Å². The van der Waals surface area contributed by atoms with E-state index < -0.39 is 0 Å². The summed E-state index contributed by atoms with van der Waals surface area (Å²) in [6, 6.07) is 7.97. The quantitative estimate of drug-likeness (QED) is 0.633. The number of rotatable bonds is 6. The number of carbonyl (C=O) groups excluding carboxylic acids is 2. The summed E-state index contributed by atoms with van der Waals surface area (Å²) in [7, 11) is 0. The molecule has 0 spiro atoms. The van der Waals surface area contributed by atoms with Crippen molar-refractivity contribution >= 4 is 42.3 Å². The van der Waals surface area contributed by atoms with Gasteiger partial charge in [0.05, 0.1) is 19.1 Å². The molecule has 2 fully saturated rings. The highest BCUT2D eigenvalue weighted by molar-refractivity contribution is 5.91. The number of likely N-dealkylation sites (tertiary alicyclic amines) is 1. The minimum Gasteiger partial charge on any atom is -0.378 e. The van der Waals surface area contributed by atoms with Gasteiger partial charge in [0.25, 0.3) is 0 Å². The predicted molar refractivity (Wildman–Crippen MR) is 114 cm³/mol. The molecule has 4 N–H and O–H groups in total. The Balaban J connectivity index is 0.00000196. The maximum atomic E-state index is 12.1. The van der Waals surface area contributed by atoms with Crippen LogP contribution in [0.3, 0.4) is 0 Å². The van der Waals surface area contributed by atoms with E-state index in [4.69, 9.17) is 10.5 Å². The zero-order valence-corrected chi connectivity index (χ0v) is 17.5. The number of carbonyl (C=O) groups is 2. The van der Waals surface area contributed by atoms with Crippen LogP contribution in [0.4, 0.5) is 5.69 Å². The van der Waals surface area contributed by atoms with Crippen molar-refractivity contribution in [2.24, 2.45) is 11.7 Å². The number of piperidine rings is 1. The zero-order valence-electron chi connectivity index (χ0n) is 15.9. The van der Waals surface area contributed by atoms with E-state index in [0.717, 1.165) is 50.3 Å². The SMILES string of the molecule is Cl.Cl.NC(=O)C1CCCN(Cc2ccc(NC(=O)CC3COCCN3)cc2)C1. The van der Waals surface area contributed by atoms with E-state index in [0.29, 0.717) is 19.6 Å². The Bertz CT molecular complexity index is 624. The van der Waals surface area contributed by atoms with Crippen molar-refractivity contribution in [3.05, 3.63) is 29.8 Å². The maximum Gasteiger partial charge on any atom is 0.226 e. The molecule has 2 heterocycles. The van der Waals surface area contributed by atoms with Crippen molar-refractivity contribution in [2.75, 3.05) is 38.2 Å². The van der Waals surface area contributed by atoms with E-state index in [-0.39, 0.29) is 48.6 Å². The van der Waals surface area contributed by atoms with Crippen molar-refractivity contribution < 1.29 is 14.3 Å². The molecular weight excluding hydrogens is 403 g/mol. The number of halogens is 2. The van der Waals surface area contributed by atoms with E-state index in [1.165, 1.54) is 0 Å². The van der Waals surface area contributed by atoms with Gasteiger partial charge in [0.2, 0.25) is 11.8 Å². The van der Waals surface area contributed by atoms with Crippen LogP contribution in [-0.2, 0) is 20.9 Å². The van der Waals surface area contributed by atoms with Gasteiger partial charge in [-0.05, 0) is 37.1 Å². The van der Waals surface area contributed by atoms with Crippen LogP contribution in [0.1, 0.15) is 24.8 Å². The molecule has 2 saturated heterocycles. The molecule has 1 aromatic carbocycles. The minimum atomic E-state index is -0.203. The maximum absolute atomic E-state index is 12.1. The first kappa shape index (κ1) is 24.7. The molecule has 0 saturated carbocycles. The molecule has 2 unspecified atom stereocenters. The molecule has 2 aliphatic rings. The predicted octanol–water partition coefficient (Wildman–Crippen LogP) is 1.54. The largest absolute Gasteiger partial charge is 0.378 e. The van der Waals surface area contributed by atoms with E-state index in [2.05, 4.69) is 15.5 Å². The third-order valence-electron chi connectivity index (χ3n) is 4.98. The molecule has 0 radical (unpaired) electrons. The lowest BCUT2D eigenvalue weighted by Gasteiger charge is -2.31. The smallest absolute Gasteiger partial charge is 0.226 e. The van der Waals surface area contributed by atoms with Gasteiger partial charge in [-0.15, -0.1) is 24.8 Å². The third-order valence-corrected chi connectivity index (χ3v) is 4.98. The standard InChI is InChI=1S/C19H28N4O3.2ClH/c20-19(25)15-2-1-8-23(12-15)11-14-3-5-16(6-4-14)22-18(24)10-17-13-26-9-7-21-17;;/h3-6,15,17,21H,1-2,7-13H2,(H2,20,25)(H,22,24);2*1H. The number of nitrogens with zero attached hydrogens (tertiary/aromatic N) is 1. The Morgan fingerprint density at radius 1 is 1.25 bits per heavy atom. The van der Waals surface area contributed by atoms with E-state index in [1.54, 1.807) is 0 Å². The topological polar surface area (TPSA) is 96.7 Å². The molecule has 28 heavy (non-hydrogen) atoms. The normalized spacial score (nSPS) is 22.4. The summed E-state index contributed by atoms with van der Waals surface area (Å²) < 4.78 is 5.37. The number of primary amides is 1. The van der Waals surface area contributed by atoms with Gasteiger partial charge in [0.1, 0.15) is 0 Å². The van der Waals surface area contributed by atoms with Crippen molar-refractivity contribution in [1.29, 1.82) is 0 Å². The first-order valence-electron chi connectivity index (χ1n) is 9.32. The van der Waals surface area contributed by atoms with Gasteiger partial charge in [0, 0.05) is 37.8 Å². The Kier molecular flexibility index (Phi) is 10.8. The van der Waals surface area contributed by atoms with Crippen molar-refractivity contribution in [3.63, 3.8) is 0 Å². The average Bonchev–Trinajstić information content (AvgIpc) is 2.64. The number of hydrogen-bond acceptors (Lipinski definition) is 5. The van der Waals surface area contributed by atoms with Crippen LogP contribution in [0, 0.1) is 5.92 Å². The van der Waals surface area contributed by atoms with Gasteiger partial charge in [-0.25, -0.2) is 0 Å². The highest BCUT2D eigenvalue weighted by Gasteiger charge is 2.23. The van der Waals surface area contributed by atoms with Gasteiger partial charge < -0.3 is 21.1 Å². The van der Waals surface area contributed by atoms with Crippen molar-refractivity contribution in [3.8, 4) is 0 Å². The molecule has 9 heteroatoms. The number of amides is 2. The Morgan fingerprint density at radius 2 is 2.00 bits per heavy atom. The van der Waals surface area contributed by atoms with Crippen LogP contribution < -0.4 is 16.4 Å². The third kappa shape index (κ3) is 7.56. The fourth-order valence-electron chi connectivity index (χ4n) is 3.57. The van der Waals surface area contributed by atoms with Gasteiger partial charge in [-0.3, -0.25) is 14.5 Å². The Hall–Kier alpha value is -1.38. The van der Waals surface area contributed by atoms with Gasteiger partial charge >= 0.3 is 0 Å². The fourth-order valence-corrected chi connectivity index (χ4v) is 3.57. The summed E-state index contributed by atoms with van der Waals surface area (Å²) in [5.41, 5.74) is 7.40. The lowest BCUT2D eigenvalue weighted by Crippen LogP contribution is -2.43. The summed E-state index contributed by atoms with van der Waals surface area (Å²) in [5.74, 6) is -0.258. The number of nitrogens with two attached hydrogens (primary N) is 1. The number of ether oxygens (including phenoxy) is 1. The summed E-state index contributed by atoms with van der Waals surface area (Å²) in [6.07, 6.45) is 2.29. The second kappa shape index (κ2) is 12.2. The summed E-state index contributed by atoms with van der Waals surface area (Å²) in [5, 5.41) is 6.21. The second-order valence-corrected chi connectivity index (χ2v) is 7.15. The fraction of sp³-hybridized carbons (Fsp3) is 0.579. The molecule has 1 aromatic rings. The zero-order chi connectivity index (χ0) is 18.4. The second-order valence-electron chi connectivity index (χ2n) is 7.15. The van der Waals surface area contributed by atoms with Crippen LogP contribution in [0.15, 0.2) is 24.3 Å². The monoisotopic (exact) mass is 432 g/mol. The van der Waals surface area contributed by atoms with Crippen LogP contribution in [0.5, 0.6) is 0 Å². The molecule has 2 amide bonds. The summed E-state index contributed by atoms with van der Waals surface area (Å²) >= 11 is 0. The molecule has 0 aromatic heterocycles. The van der Waals surface area contributed by atoms with Crippen molar-refractivity contribution in [2.45, 2.75) is 31.8 Å². The van der Waals surface area contributed by atoms with E-state index in [1.807, 2.05) is 24.3 Å². The minimum absolute atomic E-state index is 0. The van der Waals surface area contributed by atoms with E-state index >= 15 is 0 Å². The van der Waals surface area contributed by atoms with Crippen LogP contribution in [-0.4, -0.2) is 55.6 Å². The van der Waals surface area contributed by atoms with Crippen molar-refractivity contribution in [1.82, 2.24) is 10.2 Å². The van der Waals surface area contributed by atoms with Gasteiger partial charge in [0.15, 0.2) is 0 Å². The number of hydrogen-bond donors (Lipinski definition) is 3. The average molecular weight is 433 g/mol. The summed E-state index contributed by atoms with van der Waals surface area (Å²) in [6.45, 7) is 4.58. The molecule has 0 aliphatic carbocycles. The molecule has 0 bridgehead atoms. The molecular formula is C19H30Cl2N4O3. The first-order valence-corrected chi connectivity index (χ1v) is 9.32. The number of morpholine rings is 1. The highest BCUT2D eigenvalue weighted by Crippen LogP contribution is 2.19. The lowest BCUT2D eigenvalue weighted by atomic mass is 9.97. The van der Waals surface area contributed by atoms with Crippen LogP contribution in [0.2, 0.25) is 0 Å². The molecule has 7 nitrogen and oxygen atoms in total. The Morgan fingerprint density at radius 3 is 2.64 bits per heavy atom. The van der Waals surface area contributed by atoms with Crippen LogP contribution >= 0.6 is 24.8 Å². The van der Waals surface area contributed by atoms with E-state index in [9.17, 15) is 9.59 Å². The lowest BCUT2D eigenvalue weighted by molar-refractivity contribution is -0.123. The highest BCUT2D eigenvalue weighted by atomic mass is 35.5. The first-order chi connectivity index (χ1) is 12.6. The molecule has 3 rings (SSSR count). The number of anilines is 1. The molecule has 2 aliphatic heterocycles. The van der Waals surface area contributed by atoms with Crippen LogP contribution in [0.25, 0.3) is 0 Å². The molecule has 2 atom stereocenters. The molecule has 158 valence electrons.